The molecule has 27 heavy (non-hydrogen) atoms. The molecule has 1 aliphatic heterocycles. The van der Waals surface area contributed by atoms with Crippen LogP contribution in [0.5, 0.6) is 0 Å². The molecule has 0 spiro atoms. The van der Waals surface area contributed by atoms with Crippen LogP contribution in [0, 0.1) is 5.82 Å². The van der Waals surface area contributed by atoms with E-state index in [1.54, 1.807) is 19.1 Å². The minimum atomic E-state index is -3.56. The average molecular weight is 413 g/mol. The number of rotatable bonds is 4. The number of carbonyl (C=O) groups is 1. The number of aliphatic hydroxyl groups is 1. The molecule has 2 N–H and O–H groups in total. The van der Waals surface area contributed by atoms with Crippen molar-refractivity contribution in [2.24, 2.45) is 0 Å². The van der Waals surface area contributed by atoms with E-state index in [1.165, 1.54) is 39.9 Å². The van der Waals surface area contributed by atoms with Crippen LogP contribution < -0.4 is 5.32 Å². The maximum Gasteiger partial charge on any atom is 0.251 e. The van der Waals surface area contributed by atoms with Crippen molar-refractivity contribution in [1.29, 1.82) is 0 Å². The Kier molecular flexibility index (Phi) is 5.40. The van der Waals surface area contributed by atoms with Gasteiger partial charge in [-0.2, -0.15) is 4.31 Å². The summed E-state index contributed by atoms with van der Waals surface area (Å²) in [6.45, 7) is 1.74. The molecule has 0 unspecified atom stereocenters. The number of hydrogen-bond acceptors (Lipinski definition) is 5. The fourth-order valence-corrected chi connectivity index (χ4v) is 5.35. The lowest BCUT2D eigenvalue weighted by Crippen LogP contribution is -2.63. The fraction of sp³-hybridized carbons (Fsp3) is 0.389. The van der Waals surface area contributed by atoms with Crippen molar-refractivity contribution in [3.8, 4) is 0 Å². The van der Waals surface area contributed by atoms with Crippen LogP contribution in [0.2, 0.25) is 0 Å². The van der Waals surface area contributed by atoms with Crippen LogP contribution in [0.1, 0.15) is 34.6 Å². The van der Waals surface area contributed by atoms with Gasteiger partial charge in [0, 0.05) is 17.0 Å². The number of amides is 1. The number of benzene rings is 1. The van der Waals surface area contributed by atoms with E-state index in [4.69, 9.17) is 0 Å². The molecule has 1 amide bonds. The Labute approximate surface area is 161 Å². The van der Waals surface area contributed by atoms with Crippen LogP contribution in [-0.4, -0.2) is 48.2 Å². The van der Waals surface area contributed by atoms with Crippen LogP contribution >= 0.6 is 11.3 Å². The summed E-state index contributed by atoms with van der Waals surface area (Å²) in [6, 6.07) is 7.02. The molecule has 0 bridgehead atoms. The van der Waals surface area contributed by atoms with Crippen LogP contribution in [-0.2, 0) is 10.0 Å². The number of thiophene rings is 1. The lowest BCUT2D eigenvalue weighted by molar-refractivity contribution is -0.0409. The summed E-state index contributed by atoms with van der Waals surface area (Å²) >= 11 is 1.36. The van der Waals surface area contributed by atoms with Gasteiger partial charge >= 0.3 is 0 Å². The number of hydrogen-bond donors (Lipinski definition) is 2. The van der Waals surface area contributed by atoms with Gasteiger partial charge in [-0.1, -0.05) is 6.07 Å². The van der Waals surface area contributed by atoms with Crippen molar-refractivity contribution in [2.45, 2.75) is 31.0 Å². The SMILES string of the molecule is C[C@@]1(O)CCN(S(C)(=O)=O)[C@@H](c2cccs2)[C@@H]1NC(=O)c1ccc(F)cc1. The highest BCUT2D eigenvalue weighted by molar-refractivity contribution is 7.88. The zero-order valence-corrected chi connectivity index (χ0v) is 16.6. The quantitative estimate of drug-likeness (QED) is 0.806. The molecule has 0 radical (unpaired) electrons. The van der Waals surface area contributed by atoms with Gasteiger partial charge in [-0.15, -0.1) is 11.3 Å². The molecular weight excluding hydrogens is 391 g/mol. The molecule has 146 valence electrons. The second-order valence-corrected chi connectivity index (χ2v) is 9.81. The first kappa shape index (κ1) is 19.9. The Morgan fingerprint density at radius 3 is 2.56 bits per heavy atom. The van der Waals surface area contributed by atoms with Gasteiger partial charge in [-0.05, 0) is 49.1 Å². The van der Waals surface area contributed by atoms with Crippen LogP contribution in [0.15, 0.2) is 41.8 Å². The van der Waals surface area contributed by atoms with Crippen LogP contribution in [0.25, 0.3) is 0 Å². The van der Waals surface area contributed by atoms with Crippen molar-refractivity contribution in [1.82, 2.24) is 9.62 Å². The summed E-state index contributed by atoms with van der Waals surface area (Å²) in [5, 5.41) is 15.5. The minimum Gasteiger partial charge on any atom is -0.388 e. The largest absolute Gasteiger partial charge is 0.388 e. The average Bonchev–Trinajstić information content (AvgIpc) is 3.10. The number of nitrogens with one attached hydrogen (secondary N) is 1. The van der Waals surface area contributed by atoms with Crippen molar-refractivity contribution >= 4 is 27.3 Å². The molecule has 0 saturated carbocycles. The van der Waals surface area contributed by atoms with Gasteiger partial charge in [-0.25, -0.2) is 12.8 Å². The predicted molar refractivity (Wildman–Crippen MR) is 102 cm³/mol. The highest BCUT2D eigenvalue weighted by atomic mass is 32.2. The van der Waals surface area contributed by atoms with Crippen molar-refractivity contribution in [3.63, 3.8) is 0 Å². The first-order valence-corrected chi connectivity index (χ1v) is 11.1. The van der Waals surface area contributed by atoms with E-state index in [-0.39, 0.29) is 18.5 Å². The Bertz CT molecular complexity index is 911. The highest BCUT2D eigenvalue weighted by Gasteiger charge is 2.49. The lowest BCUT2D eigenvalue weighted by Gasteiger charge is -2.47. The van der Waals surface area contributed by atoms with E-state index >= 15 is 0 Å². The third-order valence-electron chi connectivity index (χ3n) is 4.79. The second kappa shape index (κ2) is 7.31. The van der Waals surface area contributed by atoms with E-state index in [2.05, 4.69) is 5.32 Å². The number of carbonyl (C=O) groups excluding carboxylic acids is 1. The zero-order chi connectivity index (χ0) is 19.8. The van der Waals surface area contributed by atoms with E-state index in [1.807, 2.05) is 5.38 Å². The van der Waals surface area contributed by atoms with Gasteiger partial charge in [0.25, 0.3) is 5.91 Å². The lowest BCUT2D eigenvalue weighted by atomic mass is 9.83. The molecular formula is C18H21FN2O4S2. The smallest absolute Gasteiger partial charge is 0.251 e. The second-order valence-electron chi connectivity index (χ2n) is 6.90. The number of halogens is 1. The van der Waals surface area contributed by atoms with Crippen molar-refractivity contribution < 1.29 is 22.7 Å². The normalized spacial score (nSPS) is 26.7. The van der Waals surface area contributed by atoms with E-state index in [9.17, 15) is 22.7 Å². The predicted octanol–water partition coefficient (Wildman–Crippen LogP) is 2.14. The molecule has 3 rings (SSSR count). The first-order chi connectivity index (χ1) is 12.6. The van der Waals surface area contributed by atoms with E-state index < -0.39 is 39.4 Å². The molecule has 2 heterocycles. The molecule has 9 heteroatoms. The molecule has 1 fully saturated rings. The minimum absolute atomic E-state index is 0.150. The highest BCUT2D eigenvalue weighted by Crippen LogP contribution is 2.40. The van der Waals surface area contributed by atoms with E-state index in [0.29, 0.717) is 0 Å². The van der Waals surface area contributed by atoms with Gasteiger partial charge in [-0.3, -0.25) is 4.79 Å². The van der Waals surface area contributed by atoms with Gasteiger partial charge in [0.05, 0.1) is 23.9 Å². The molecule has 0 aliphatic carbocycles. The fourth-order valence-electron chi connectivity index (χ4n) is 3.34. The van der Waals surface area contributed by atoms with Crippen molar-refractivity contribution in [2.75, 3.05) is 12.8 Å². The zero-order valence-electron chi connectivity index (χ0n) is 14.9. The standard InChI is InChI=1S/C18H21FN2O4S2/c1-18(23)9-10-21(27(2,24)25)15(14-4-3-11-26-14)16(18)20-17(22)12-5-7-13(19)8-6-12/h3-8,11,15-16,23H,9-10H2,1-2H3,(H,20,22)/t15-,16-,18+/m0/s1. The molecule has 1 aliphatic rings. The molecule has 1 saturated heterocycles. The Balaban J connectivity index is 1.99. The van der Waals surface area contributed by atoms with Gasteiger partial charge in [0.1, 0.15) is 5.82 Å². The summed E-state index contributed by atoms with van der Waals surface area (Å²) in [7, 11) is -3.56. The summed E-state index contributed by atoms with van der Waals surface area (Å²) in [5.74, 6) is -0.965. The summed E-state index contributed by atoms with van der Waals surface area (Å²) in [4.78, 5) is 13.4. The van der Waals surface area contributed by atoms with Crippen molar-refractivity contribution in [3.05, 3.63) is 58.0 Å². The third-order valence-corrected chi connectivity index (χ3v) is 6.99. The molecule has 2 aromatic rings. The maximum absolute atomic E-state index is 13.1. The Morgan fingerprint density at radius 1 is 1.33 bits per heavy atom. The molecule has 1 aromatic heterocycles. The monoisotopic (exact) mass is 412 g/mol. The number of sulfonamides is 1. The van der Waals surface area contributed by atoms with Crippen LogP contribution in [0.4, 0.5) is 4.39 Å². The Morgan fingerprint density at radius 2 is 2.00 bits per heavy atom. The Hall–Kier alpha value is -1.81. The summed E-state index contributed by atoms with van der Waals surface area (Å²) in [5.41, 5.74) is -1.08. The number of nitrogens with zero attached hydrogens (tertiary/aromatic N) is 1. The van der Waals surface area contributed by atoms with Gasteiger partial charge < -0.3 is 10.4 Å². The van der Waals surface area contributed by atoms with Crippen LogP contribution in [0.3, 0.4) is 0 Å². The topological polar surface area (TPSA) is 86.7 Å². The summed E-state index contributed by atoms with van der Waals surface area (Å²) in [6.07, 6.45) is 1.29. The molecule has 6 nitrogen and oxygen atoms in total. The summed E-state index contributed by atoms with van der Waals surface area (Å²) < 4.78 is 39.1. The molecule has 3 atom stereocenters. The molecule has 1 aromatic carbocycles. The maximum atomic E-state index is 13.1. The number of piperidine rings is 1. The first-order valence-electron chi connectivity index (χ1n) is 8.38. The van der Waals surface area contributed by atoms with Gasteiger partial charge in [0.15, 0.2) is 0 Å². The third kappa shape index (κ3) is 4.21. The van der Waals surface area contributed by atoms with Gasteiger partial charge in [0.2, 0.25) is 10.0 Å². The van der Waals surface area contributed by atoms with E-state index in [0.717, 1.165) is 11.1 Å².